The van der Waals surface area contributed by atoms with Crippen molar-refractivity contribution < 1.29 is 14.2 Å². The van der Waals surface area contributed by atoms with Crippen LogP contribution in [0.1, 0.15) is 30.9 Å². The van der Waals surface area contributed by atoms with Gasteiger partial charge in [0.1, 0.15) is 12.4 Å². The molecule has 7 nitrogen and oxygen atoms in total. The number of nitrogens with one attached hydrogen (secondary N) is 2. The van der Waals surface area contributed by atoms with E-state index in [9.17, 15) is 0 Å². The molecular weight excluding hydrogens is 495 g/mol. The largest absolute Gasteiger partial charge is 0.491 e. The van der Waals surface area contributed by atoms with Crippen LogP contribution >= 0.6 is 24.0 Å². The molecule has 172 valence electrons. The van der Waals surface area contributed by atoms with Gasteiger partial charge in [-0.2, -0.15) is 0 Å². The predicted molar refractivity (Wildman–Crippen MR) is 133 cm³/mol. The Morgan fingerprint density at radius 2 is 1.97 bits per heavy atom. The molecule has 0 saturated carbocycles. The summed E-state index contributed by atoms with van der Waals surface area (Å²) >= 11 is 0. The number of aliphatic imine (C=N–C) groups is 1. The zero-order valence-corrected chi connectivity index (χ0v) is 21.1. The molecule has 1 aromatic carbocycles. The average molecular weight is 534 g/mol. The minimum absolute atomic E-state index is 0. The van der Waals surface area contributed by atoms with Crippen molar-refractivity contribution in [3.63, 3.8) is 0 Å². The Bertz CT molecular complexity index is 610. The van der Waals surface area contributed by atoms with E-state index in [0.717, 1.165) is 69.6 Å². The molecule has 0 aliphatic carbocycles. The highest BCUT2D eigenvalue weighted by atomic mass is 127. The van der Waals surface area contributed by atoms with Gasteiger partial charge in [0.15, 0.2) is 5.96 Å². The van der Waals surface area contributed by atoms with Gasteiger partial charge in [-0.05, 0) is 44.9 Å². The Balaban J connectivity index is 0.00000450. The molecule has 1 heterocycles. The molecular formula is C22H39IN4O3. The summed E-state index contributed by atoms with van der Waals surface area (Å²) in [6, 6.07) is 6.25. The second-order valence-corrected chi connectivity index (χ2v) is 7.24. The molecule has 8 heteroatoms. The maximum atomic E-state index is 5.87. The van der Waals surface area contributed by atoms with Crippen LogP contribution in [0.25, 0.3) is 0 Å². The first-order chi connectivity index (χ1) is 14.2. The summed E-state index contributed by atoms with van der Waals surface area (Å²) in [5, 5.41) is 6.77. The molecule has 0 radical (unpaired) electrons. The van der Waals surface area contributed by atoms with E-state index in [-0.39, 0.29) is 24.0 Å². The van der Waals surface area contributed by atoms with Crippen LogP contribution in [-0.2, 0) is 16.0 Å². The predicted octanol–water partition coefficient (Wildman–Crippen LogP) is 2.81. The number of guanidine groups is 1. The quantitative estimate of drug-likeness (QED) is 0.186. The van der Waals surface area contributed by atoms with E-state index >= 15 is 0 Å². The van der Waals surface area contributed by atoms with Crippen LogP contribution in [0.2, 0.25) is 0 Å². The maximum absolute atomic E-state index is 5.87. The SMILES string of the molecule is CCNC(=NCc1ccc(C)cc1OCCOC)NCCCCN1CCOCC1.I. The van der Waals surface area contributed by atoms with Gasteiger partial charge < -0.3 is 24.8 Å². The van der Waals surface area contributed by atoms with Gasteiger partial charge in [-0.1, -0.05) is 12.1 Å². The minimum Gasteiger partial charge on any atom is -0.491 e. The van der Waals surface area contributed by atoms with Crippen LogP contribution in [-0.4, -0.2) is 77.1 Å². The number of methoxy groups -OCH3 is 1. The minimum atomic E-state index is 0. The van der Waals surface area contributed by atoms with Crippen molar-refractivity contribution in [1.82, 2.24) is 15.5 Å². The highest BCUT2D eigenvalue weighted by Crippen LogP contribution is 2.21. The second kappa shape index (κ2) is 16.6. The van der Waals surface area contributed by atoms with Crippen molar-refractivity contribution in [1.29, 1.82) is 0 Å². The van der Waals surface area contributed by atoms with Gasteiger partial charge in [0.05, 0.1) is 26.4 Å². The molecule has 0 atom stereocenters. The molecule has 0 bridgehead atoms. The Hall–Kier alpha value is -1.10. The molecule has 2 rings (SSSR count). The normalized spacial score (nSPS) is 14.8. The summed E-state index contributed by atoms with van der Waals surface area (Å²) in [7, 11) is 1.68. The first-order valence-electron chi connectivity index (χ1n) is 10.8. The smallest absolute Gasteiger partial charge is 0.191 e. The van der Waals surface area contributed by atoms with Gasteiger partial charge in [-0.15, -0.1) is 24.0 Å². The first-order valence-corrected chi connectivity index (χ1v) is 10.8. The molecule has 1 aliphatic heterocycles. The topological polar surface area (TPSA) is 67.4 Å². The average Bonchev–Trinajstić information content (AvgIpc) is 2.73. The fourth-order valence-electron chi connectivity index (χ4n) is 3.16. The number of unbranched alkanes of at least 4 members (excludes halogenated alkanes) is 1. The van der Waals surface area contributed by atoms with Crippen LogP contribution in [0.15, 0.2) is 23.2 Å². The van der Waals surface area contributed by atoms with Crippen LogP contribution in [0.3, 0.4) is 0 Å². The third-order valence-electron chi connectivity index (χ3n) is 4.82. The summed E-state index contributed by atoms with van der Waals surface area (Å²) < 4.78 is 16.4. The van der Waals surface area contributed by atoms with Crippen molar-refractivity contribution in [3.05, 3.63) is 29.3 Å². The van der Waals surface area contributed by atoms with Gasteiger partial charge >= 0.3 is 0 Å². The molecule has 1 saturated heterocycles. The lowest BCUT2D eigenvalue weighted by molar-refractivity contribution is 0.0372. The fourth-order valence-corrected chi connectivity index (χ4v) is 3.16. The Kier molecular flexibility index (Phi) is 14.9. The summed E-state index contributed by atoms with van der Waals surface area (Å²) in [6.45, 7) is 12.6. The molecule has 1 aromatic rings. The number of benzene rings is 1. The van der Waals surface area contributed by atoms with Gasteiger partial charge in [0.25, 0.3) is 0 Å². The fraction of sp³-hybridized carbons (Fsp3) is 0.682. The zero-order chi connectivity index (χ0) is 20.7. The number of hydrogen-bond donors (Lipinski definition) is 2. The van der Waals surface area contributed by atoms with Crippen molar-refractivity contribution in [2.75, 3.05) is 66.3 Å². The lowest BCUT2D eigenvalue weighted by atomic mass is 10.1. The molecule has 0 spiro atoms. The zero-order valence-electron chi connectivity index (χ0n) is 18.7. The second-order valence-electron chi connectivity index (χ2n) is 7.24. The summed E-state index contributed by atoms with van der Waals surface area (Å²) in [4.78, 5) is 7.22. The van der Waals surface area contributed by atoms with Crippen molar-refractivity contribution in [3.8, 4) is 5.75 Å². The Labute approximate surface area is 199 Å². The number of halogens is 1. The van der Waals surface area contributed by atoms with Gasteiger partial charge in [-0.25, -0.2) is 4.99 Å². The highest BCUT2D eigenvalue weighted by Gasteiger charge is 2.09. The van der Waals surface area contributed by atoms with E-state index in [1.165, 1.54) is 12.0 Å². The molecule has 1 fully saturated rings. The number of rotatable bonds is 12. The van der Waals surface area contributed by atoms with E-state index in [2.05, 4.69) is 47.6 Å². The number of ether oxygens (including phenoxy) is 3. The molecule has 0 aromatic heterocycles. The van der Waals surface area contributed by atoms with Crippen molar-refractivity contribution in [2.45, 2.75) is 33.2 Å². The molecule has 2 N–H and O–H groups in total. The molecule has 30 heavy (non-hydrogen) atoms. The standard InChI is InChI=1S/C22H38N4O3.HI/c1-4-23-22(24-9-5-6-10-26-11-13-28-14-12-26)25-18-20-8-7-19(2)17-21(20)29-16-15-27-3;/h7-8,17H,4-6,9-16,18H2,1-3H3,(H2,23,24,25);1H. The lowest BCUT2D eigenvalue weighted by Gasteiger charge is -2.26. The monoisotopic (exact) mass is 534 g/mol. The maximum Gasteiger partial charge on any atom is 0.191 e. The van der Waals surface area contributed by atoms with E-state index < -0.39 is 0 Å². The van der Waals surface area contributed by atoms with E-state index in [1.807, 2.05) is 0 Å². The summed E-state index contributed by atoms with van der Waals surface area (Å²) in [6.07, 6.45) is 2.31. The van der Waals surface area contributed by atoms with E-state index in [4.69, 9.17) is 19.2 Å². The third-order valence-corrected chi connectivity index (χ3v) is 4.82. The van der Waals surface area contributed by atoms with E-state index in [1.54, 1.807) is 7.11 Å². The molecule has 1 aliphatic rings. The highest BCUT2D eigenvalue weighted by molar-refractivity contribution is 14.0. The number of nitrogens with zero attached hydrogens (tertiary/aromatic N) is 2. The summed E-state index contributed by atoms with van der Waals surface area (Å²) in [5.74, 6) is 1.73. The lowest BCUT2D eigenvalue weighted by Crippen LogP contribution is -2.39. The first kappa shape index (κ1) is 26.9. The van der Waals surface area contributed by atoms with E-state index in [0.29, 0.717) is 19.8 Å². The van der Waals surface area contributed by atoms with Gasteiger partial charge in [0, 0.05) is 38.9 Å². The van der Waals surface area contributed by atoms with Gasteiger partial charge in [-0.3, -0.25) is 4.90 Å². The number of hydrogen-bond acceptors (Lipinski definition) is 5. The van der Waals surface area contributed by atoms with Crippen LogP contribution in [0, 0.1) is 6.92 Å². The van der Waals surface area contributed by atoms with Gasteiger partial charge in [0.2, 0.25) is 0 Å². The molecule has 0 unspecified atom stereocenters. The third kappa shape index (κ3) is 10.8. The number of morpholine rings is 1. The summed E-state index contributed by atoms with van der Waals surface area (Å²) in [5.41, 5.74) is 2.26. The van der Waals surface area contributed by atoms with Crippen LogP contribution in [0.5, 0.6) is 5.75 Å². The Morgan fingerprint density at radius 3 is 2.70 bits per heavy atom. The van der Waals surface area contributed by atoms with Crippen molar-refractivity contribution in [2.24, 2.45) is 4.99 Å². The number of aryl methyl sites for hydroxylation is 1. The van der Waals surface area contributed by atoms with Crippen LogP contribution in [0.4, 0.5) is 0 Å². The van der Waals surface area contributed by atoms with Crippen LogP contribution < -0.4 is 15.4 Å². The molecule has 0 amide bonds. The Morgan fingerprint density at radius 1 is 1.17 bits per heavy atom. The van der Waals surface area contributed by atoms with Crippen molar-refractivity contribution >= 4 is 29.9 Å².